The summed E-state index contributed by atoms with van der Waals surface area (Å²) < 4.78 is 67.0. The molecule has 0 aromatic heterocycles. The fraction of sp³-hybridized carbons (Fsp3) is 0.571. The van der Waals surface area contributed by atoms with Crippen molar-refractivity contribution in [3.8, 4) is 5.75 Å². The quantitative estimate of drug-likeness (QED) is 0.788. The second-order valence-electron chi connectivity index (χ2n) is 4.99. The third-order valence-corrected chi connectivity index (χ3v) is 3.51. The summed E-state index contributed by atoms with van der Waals surface area (Å²) in [5.74, 6) is -0.382. The van der Waals surface area contributed by atoms with Crippen molar-refractivity contribution >= 4 is 12.4 Å². The van der Waals surface area contributed by atoms with E-state index in [1.807, 2.05) is 4.90 Å². The maximum atomic E-state index is 13.3. The molecule has 1 atom stereocenters. The van der Waals surface area contributed by atoms with Gasteiger partial charge in [-0.2, -0.15) is 17.6 Å². The van der Waals surface area contributed by atoms with Crippen molar-refractivity contribution in [1.29, 1.82) is 0 Å². The molecule has 132 valence electrons. The molecule has 0 bridgehead atoms. The Hall–Kier alpha value is -1.12. The van der Waals surface area contributed by atoms with Crippen LogP contribution in [0.1, 0.15) is 11.6 Å². The molecular formula is C14H18ClF5N2O. The highest BCUT2D eigenvalue weighted by Gasteiger charge is 2.43. The van der Waals surface area contributed by atoms with E-state index in [0.29, 0.717) is 18.7 Å². The van der Waals surface area contributed by atoms with E-state index < -0.39 is 25.3 Å². The number of alkyl halides is 5. The van der Waals surface area contributed by atoms with Gasteiger partial charge in [0, 0.05) is 26.2 Å². The van der Waals surface area contributed by atoms with Gasteiger partial charge in [-0.25, -0.2) is 4.39 Å². The molecule has 1 fully saturated rings. The number of ether oxygens (including phenoxy) is 1. The number of benzene rings is 1. The van der Waals surface area contributed by atoms with Crippen molar-refractivity contribution in [2.24, 2.45) is 0 Å². The average Bonchev–Trinajstić information content (AvgIpc) is 2.50. The molecule has 0 saturated carbocycles. The van der Waals surface area contributed by atoms with Gasteiger partial charge in [0.15, 0.2) is 0 Å². The van der Waals surface area contributed by atoms with E-state index in [1.54, 1.807) is 0 Å². The highest BCUT2D eigenvalue weighted by atomic mass is 35.5. The molecule has 0 aliphatic carbocycles. The molecule has 1 aliphatic heterocycles. The molecule has 1 heterocycles. The van der Waals surface area contributed by atoms with Crippen LogP contribution in [0.4, 0.5) is 22.0 Å². The molecule has 0 spiro atoms. The van der Waals surface area contributed by atoms with Crippen LogP contribution in [0.5, 0.6) is 5.75 Å². The van der Waals surface area contributed by atoms with Crippen LogP contribution in [-0.4, -0.2) is 50.3 Å². The van der Waals surface area contributed by atoms with E-state index in [-0.39, 0.29) is 18.2 Å². The molecule has 1 aliphatic rings. The summed E-state index contributed by atoms with van der Waals surface area (Å²) in [5.41, 5.74) is 0.595. The van der Waals surface area contributed by atoms with Crippen molar-refractivity contribution < 1.29 is 26.7 Å². The highest BCUT2D eigenvalue weighted by molar-refractivity contribution is 5.85. The van der Waals surface area contributed by atoms with E-state index in [1.165, 1.54) is 12.1 Å². The van der Waals surface area contributed by atoms with Crippen LogP contribution in [-0.2, 0) is 0 Å². The van der Waals surface area contributed by atoms with E-state index >= 15 is 0 Å². The summed E-state index contributed by atoms with van der Waals surface area (Å²) in [6.45, 7) is 2.23. The predicted molar refractivity (Wildman–Crippen MR) is 78.4 cm³/mol. The van der Waals surface area contributed by atoms with E-state index in [4.69, 9.17) is 0 Å². The van der Waals surface area contributed by atoms with Gasteiger partial charge in [-0.15, -0.1) is 12.4 Å². The minimum atomic E-state index is -4.54. The molecule has 0 unspecified atom stereocenters. The number of nitrogens with one attached hydrogen (secondary N) is 1. The number of rotatable bonds is 6. The normalized spacial score (nSPS) is 17.7. The lowest BCUT2D eigenvalue weighted by atomic mass is 10.1. The van der Waals surface area contributed by atoms with Crippen LogP contribution in [0.2, 0.25) is 0 Å². The molecule has 1 N–H and O–H groups in total. The first kappa shape index (κ1) is 19.9. The average molecular weight is 361 g/mol. The van der Waals surface area contributed by atoms with Crippen LogP contribution in [0.15, 0.2) is 24.3 Å². The number of piperazine rings is 1. The van der Waals surface area contributed by atoms with Crippen molar-refractivity contribution in [2.45, 2.75) is 18.6 Å². The highest BCUT2D eigenvalue weighted by Crippen LogP contribution is 2.29. The third-order valence-electron chi connectivity index (χ3n) is 3.51. The maximum Gasteiger partial charge on any atom is 0.461 e. The number of halogens is 6. The van der Waals surface area contributed by atoms with Crippen LogP contribution in [0.25, 0.3) is 0 Å². The summed E-state index contributed by atoms with van der Waals surface area (Å²) in [4.78, 5) is 1.94. The molecule has 0 amide bonds. The second-order valence-corrected chi connectivity index (χ2v) is 4.99. The van der Waals surface area contributed by atoms with E-state index in [2.05, 4.69) is 10.1 Å². The number of nitrogens with zero attached hydrogens (tertiary/aromatic N) is 1. The van der Waals surface area contributed by atoms with Gasteiger partial charge in [0.2, 0.25) is 0 Å². The minimum Gasteiger partial charge on any atom is -0.428 e. The van der Waals surface area contributed by atoms with Crippen molar-refractivity contribution in [1.82, 2.24) is 10.2 Å². The third kappa shape index (κ3) is 5.19. The van der Waals surface area contributed by atoms with Crippen molar-refractivity contribution in [2.75, 3.05) is 32.9 Å². The van der Waals surface area contributed by atoms with Crippen LogP contribution < -0.4 is 10.1 Å². The Balaban J connectivity index is 0.00000264. The summed E-state index contributed by atoms with van der Waals surface area (Å²) in [6.07, 6.45) is -8.45. The number of hydrogen-bond donors (Lipinski definition) is 1. The lowest BCUT2D eigenvalue weighted by Gasteiger charge is -2.33. The largest absolute Gasteiger partial charge is 0.461 e. The molecule has 0 radical (unpaired) electrons. The summed E-state index contributed by atoms with van der Waals surface area (Å²) >= 11 is 0. The summed E-state index contributed by atoms with van der Waals surface area (Å²) in [7, 11) is 0. The van der Waals surface area contributed by atoms with Gasteiger partial charge in [0.1, 0.15) is 12.4 Å². The molecule has 1 aromatic carbocycles. The SMILES string of the molecule is Cl.FC[C@@H](c1ccc(OC(F)(F)C(F)F)cc1)N1CCNCC1. The molecule has 9 heteroatoms. The second kappa shape index (κ2) is 8.65. The zero-order valence-corrected chi connectivity index (χ0v) is 13.0. The Bertz CT molecular complexity index is 469. The van der Waals surface area contributed by atoms with E-state index in [9.17, 15) is 22.0 Å². The Morgan fingerprint density at radius 3 is 2.17 bits per heavy atom. The lowest BCUT2D eigenvalue weighted by molar-refractivity contribution is -0.253. The molecule has 1 saturated heterocycles. The lowest BCUT2D eigenvalue weighted by Crippen LogP contribution is -2.45. The Morgan fingerprint density at radius 2 is 1.70 bits per heavy atom. The van der Waals surface area contributed by atoms with Gasteiger partial charge in [0.05, 0.1) is 6.04 Å². The number of hydrogen-bond acceptors (Lipinski definition) is 3. The van der Waals surface area contributed by atoms with E-state index in [0.717, 1.165) is 25.2 Å². The predicted octanol–water partition coefficient (Wildman–Crippen LogP) is 3.26. The van der Waals surface area contributed by atoms with Gasteiger partial charge in [0.25, 0.3) is 0 Å². The first-order valence-corrected chi connectivity index (χ1v) is 6.89. The Labute approximate surface area is 137 Å². The molecule has 1 aromatic rings. The smallest absolute Gasteiger partial charge is 0.428 e. The summed E-state index contributed by atoms with van der Waals surface area (Å²) in [5, 5.41) is 3.15. The van der Waals surface area contributed by atoms with Crippen LogP contribution in [0, 0.1) is 0 Å². The fourth-order valence-corrected chi connectivity index (χ4v) is 2.35. The molecule has 23 heavy (non-hydrogen) atoms. The Morgan fingerprint density at radius 1 is 1.13 bits per heavy atom. The fourth-order valence-electron chi connectivity index (χ4n) is 2.35. The molecule has 3 nitrogen and oxygen atoms in total. The standard InChI is InChI=1S/C14H17F5N2O.ClH/c15-9-12(21-7-5-20-6-8-21)10-1-3-11(4-2-10)22-14(18,19)13(16)17;/h1-4,12-13,20H,5-9H2;1H/t12-;/m0./s1. The van der Waals surface area contributed by atoms with Gasteiger partial charge in [-0.05, 0) is 17.7 Å². The monoisotopic (exact) mass is 360 g/mol. The van der Waals surface area contributed by atoms with Gasteiger partial charge >= 0.3 is 12.5 Å². The molecular weight excluding hydrogens is 343 g/mol. The Kier molecular flexibility index (Phi) is 7.50. The van der Waals surface area contributed by atoms with Gasteiger partial charge < -0.3 is 10.1 Å². The first-order valence-electron chi connectivity index (χ1n) is 6.89. The summed E-state index contributed by atoms with van der Waals surface area (Å²) in [6, 6.07) is 4.66. The van der Waals surface area contributed by atoms with Crippen molar-refractivity contribution in [3.05, 3.63) is 29.8 Å². The molecule has 2 rings (SSSR count). The topological polar surface area (TPSA) is 24.5 Å². The van der Waals surface area contributed by atoms with Gasteiger partial charge in [-0.1, -0.05) is 12.1 Å². The minimum absolute atomic E-state index is 0. The van der Waals surface area contributed by atoms with Crippen LogP contribution >= 0.6 is 12.4 Å². The van der Waals surface area contributed by atoms with Crippen LogP contribution in [0.3, 0.4) is 0 Å². The maximum absolute atomic E-state index is 13.3. The zero-order chi connectivity index (χ0) is 16.2. The van der Waals surface area contributed by atoms with Gasteiger partial charge in [-0.3, -0.25) is 4.90 Å². The first-order chi connectivity index (χ1) is 10.4. The zero-order valence-electron chi connectivity index (χ0n) is 12.2. The van der Waals surface area contributed by atoms with Crippen molar-refractivity contribution in [3.63, 3.8) is 0 Å².